The van der Waals surface area contributed by atoms with Crippen molar-refractivity contribution in [2.45, 2.75) is 77.6 Å². The second-order valence-corrected chi connectivity index (χ2v) is 5.94. The highest BCUT2D eigenvalue weighted by molar-refractivity contribution is 5.79. The fourth-order valence-electron chi connectivity index (χ4n) is 2.67. The van der Waals surface area contributed by atoms with Crippen LogP contribution in [0.5, 0.6) is 5.75 Å². The Bertz CT molecular complexity index is 399. The highest BCUT2D eigenvalue weighted by atomic mass is 16.3. The van der Waals surface area contributed by atoms with Gasteiger partial charge in [-0.05, 0) is 30.5 Å². The molecule has 0 fully saturated rings. The highest BCUT2D eigenvalue weighted by Crippen LogP contribution is 2.18. The summed E-state index contributed by atoms with van der Waals surface area (Å²) in [6, 6.07) is 5.33. The third kappa shape index (κ3) is 7.89. The third-order valence-corrected chi connectivity index (χ3v) is 4.04. The summed E-state index contributed by atoms with van der Waals surface area (Å²) in [7, 11) is 0. The average Bonchev–Trinajstić information content (AvgIpc) is 2.50. The van der Waals surface area contributed by atoms with Gasteiger partial charge in [0.05, 0.1) is 5.56 Å². The number of carbonyl (C=O) groups is 1. The van der Waals surface area contributed by atoms with Gasteiger partial charge >= 0.3 is 0 Å². The molecular formula is C19H30O2. The van der Waals surface area contributed by atoms with Gasteiger partial charge in [-0.1, -0.05) is 70.8 Å². The van der Waals surface area contributed by atoms with Crippen LogP contribution in [0.4, 0.5) is 0 Å². The van der Waals surface area contributed by atoms with Gasteiger partial charge in [0.15, 0.2) is 6.29 Å². The predicted octanol–water partition coefficient (Wildman–Crippen LogP) is 5.67. The van der Waals surface area contributed by atoms with Crippen molar-refractivity contribution in [2.75, 3.05) is 0 Å². The number of unbranched alkanes of at least 4 members (excludes halogenated alkanes) is 9. The number of aryl methyl sites for hydroxylation is 1. The fraction of sp³-hybridized carbons (Fsp3) is 0.632. The van der Waals surface area contributed by atoms with Crippen molar-refractivity contribution < 1.29 is 9.90 Å². The number of aromatic hydroxyl groups is 1. The van der Waals surface area contributed by atoms with Gasteiger partial charge < -0.3 is 5.11 Å². The standard InChI is InChI=1S/C19H30O2/c1-2-3-4-5-6-7-8-9-10-11-12-17-13-14-19(21)18(15-17)16-20/h13-16,21H,2-12H2,1H3. The molecule has 0 radical (unpaired) electrons. The van der Waals surface area contributed by atoms with E-state index in [4.69, 9.17) is 0 Å². The number of carbonyl (C=O) groups excluding carboxylic acids is 1. The minimum absolute atomic E-state index is 0.0804. The van der Waals surface area contributed by atoms with E-state index < -0.39 is 0 Å². The Morgan fingerprint density at radius 3 is 2.05 bits per heavy atom. The number of phenolic OH excluding ortho intramolecular Hbond substituents is 1. The first-order valence-electron chi connectivity index (χ1n) is 8.55. The van der Waals surface area contributed by atoms with Crippen LogP contribution >= 0.6 is 0 Å². The molecule has 1 rings (SSSR count). The first kappa shape index (κ1) is 17.7. The third-order valence-electron chi connectivity index (χ3n) is 4.04. The Kier molecular flexibility index (Phi) is 9.60. The van der Waals surface area contributed by atoms with Crippen molar-refractivity contribution in [1.82, 2.24) is 0 Å². The first-order chi connectivity index (χ1) is 10.3. The van der Waals surface area contributed by atoms with E-state index in [0.29, 0.717) is 5.56 Å². The van der Waals surface area contributed by atoms with Crippen molar-refractivity contribution in [1.29, 1.82) is 0 Å². The average molecular weight is 290 g/mol. The Morgan fingerprint density at radius 2 is 1.48 bits per heavy atom. The maximum Gasteiger partial charge on any atom is 0.153 e. The van der Waals surface area contributed by atoms with Gasteiger partial charge in [0.2, 0.25) is 0 Å². The molecular weight excluding hydrogens is 260 g/mol. The summed E-state index contributed by atoms with van der Waals surface area (Å²) in [5.74, 6) is 0.0804. The zero-order valence-corrected chi connectivity index (χ0v) is 13.4. The van der Waals surface area contributed by atoms with E-state index in [0.717, 1.165) is 18.3 Å². The maximum atomic E-state index is 10.8. The molecule has 2 nitrogen and oxygen atoms in total. The summed E-state index contributed by atoms with van der Waals surface area (Å²) in [6.07, 6.45) is 15.1. The van der Waals surface area contributed by atoms with Crippen LogP contribution in [-0.4, -0.2) is 11.4 Å². The van der Waals surface area contributed by atoms with Crippen LogP contribution in [-0.2, 0) is 6.42 Å². The van der Waals surface area contributed by atoms with Crippen molar-refractivity contribution in [3.8, 4) is 5.75 Å². The summed E-state index contributed by atoms with van der Waals surface area (Å²) in [5, 5.41) is 9.45. The maximum absolute atomic E-state index is 10.8. The summed E-state index contributed by atoms with van der Waals surface area (Å²) in [5.41, 5.74) is 1.55. The largest absolute Gasteiger partial charge is 0.507 e. The van der Waals surface area contributed by atoms with Gasteiger partial charge in [0.25, 0.3) is 0 Å². The molecule has 1 N–H and O–H groups in total. The van der Waals surface area contributed by atoms with E-state index in [2.05, 4.69) is 6.92 Å². The van der Waals surface area contributed by atoms with Gasteiger partial charge in [0, 0.05) is 0 Å². The number of benzene rings is 1. The normalized spacial score (nSPS) is 10.7. The number of aldehydes is 1. The topological polar surface area (TPSA) is 37.3 Å². The fourth-order valence-corrected chi connectivity index (χ4v) is 2.67. The zero-order valence-electron chi connectivity index (χ0n) is 13.4. The first-order valence-corrected chi connectivity index (χ1v) is 8.55. The van der Waals surface area contributed by atoms with E-state index >= 15 is 0 Å². The Labute approximate surface area is 129 Å². The molecule has 1 aromatic carbocycles. The molecule has 0 amide bonds. The second-order valence-electron chi connectivity index (χ2n) is 5.94. The van der Waals surface area contributed by atoms with Gasteiger partial charge in [0.1, 0.15) is 5.75 Å². The van der Waals surface area contributed by atoms with Gasteiger partial charge in [-0.25, -0.2) is 0 Å². The molecule has 0 bridgehead atoms. The van der Waals surface area contributed by atoms with Crippen molar-refractivity contribution >= 4 is 6.29 Å². The minimum Gasteiger partial charge on any atom is -0.507 e. The van der Waals surface area contributed by atoms with Crippen LogP contribution in [0, 0.1) is 0 Å². The van der Waals surface area contributed by atoms with Crippen molar-refractivity contribution in [3.63, 3.8) is 0 Å². The smallest absolute Gasteiger partial charge is 0.153 e. The van der Waals surface area contributed by atoms with Crippen LogP contribution < -0.4 is 0 Å². The van der Waals surface area contributed by atoms with Gasteiger partial charge in [-0.2, -0.15) is 0 Å². The Hall–Kier alpha value is -1.31. The van der Waals surface area contributed by atoms with E-state index in [1.807, 2.05) is 6.07 Å². The molecule has 0 spiro atoms. The molecule has 1 aromatic rings. The summed E-state index contributed by atoms with van der Waals surface area (Å²) in [6.45, 7) is 2.26. The van der Waals surface area contributed by atoms with Gasteiger partial charge in [-0.15, -0.1) is 0 Å². The number of phenols is 1. The zero-order chi connectivity index (χ0) is 15.3. The van der Waals surface area contributed by atoms with Crippen molar-refractivity contribution in [2.24, 2.45) is 0 Å². The molecule has 118 valence electrons. The molecule has 0 aliphatic rings. The van der Waals surface area contributed by atoms with E-state index in [1.54, 1.807) is 12.1 Å². The molecule has 0 aromatic heterocycles. The molecule has 0 heterocycles. The van der Waals surface area contributed by atoms with E-state index in [-0.39, 0.29) is 5.75 Å². The van der Waals surface area contributed by atoms with Crippen LogP contribution in [0.1, 0.15) is 87.1 Å². The molecule has 0 aliphatic carbocycles. The number of hydrogen-bond acceptors (Lipinski definition) is 2. The molecule has 0 saturated heterocycles. The van der Waals surface area contributed by atoms with Crippen LogP contribution in [0.3, 0.4) is 0 Å². The minimum atomic E-state index is 0.0804. The Morgan fingerprint density at radius 1 is 0.905 bits per heavy atom. The lowest BCUT2D eigenvalue weighted by atomic mass is 10.0. The lowest BCUT2D eigenvalue weighted by Crippen LogP contribution is -1.89. The number of hydrogen-bond donors (Lipinski definition) is 1. The molecule has 0 aliphatic heterocycles. The second kappa shape index (κ2) is 11.4. The lowest BCUT2D eigenvalue weighted by Gasteiger charge is -2.04. The molecule has 0 atom stereocenters. The van der Waals surface area contributed by atoms with E-state index in [1.165, 1.54) is 64.2 Å². The van der Waals surface area contributed by atoms with Crippen LogP contribution in [0.25, 0.3) is 0 Å². The summed E-state index contributed by atoms with van der Waals surface area (Å²) < 4.78 is 0. The molecule has 21 heavy (non-hydrogen) atoms. The highest BCUT2D eigenvalue weighted by Gasteiger charge is 2.01. The molecule has 0 unspecified atom stereocenters. The molecule has 0 saturated carbocycles. The SMILES string of the molecule is CCCCCCCCCCCCc1ccc(O)c(C=O)c1. The predicted molar refractivity (Wildman–Crippen MR) is 89.0 cm³/mol. The molecule has 2 heteroatoms. The monoisotopic (exact) mass is 290 g/mol. The summed E-state index contributed by atoms with van der Waals surface area (Å²) in [4.78, 5) is 10.8. The summed E-state index contributed by atoms with van der Waals surface area (Å²) >= 11 is 0. The van der Waals surface area contributed by atoms with Gasteiger partial charge in [-0.3, -0.25) is 4.79 Å². The number of rotatable bonds is 12. The lowest BCUT2D eigenvalue weighted by molar-refractivity contribution is 0.112. The van der Waals surface area contributed by atoms with E-state index in [9.17, 15) is 9.90 Å². The van der Waals surface area contributed by atoms with Crippen LogP contribution in [0.15, 0.2) is 18.2 Å². The Balaban J connectivity index is 2.03. The van der Waals surface area contributed by atoms with Crippen LogP contribution in [0.2, 0.25) is 0 Å². The van der Waals surface area contributed by atoms with Crippen molar-refractivity contribution in [3.05, 3.63) is 29.3 Å². The quantitative estimate of drug-likeness (QED) is 0.398.